The molecule has 0 aromatic rings. The highest BCUT2D eigenvalue weighted by molar-refractivity contribution is 5.75. The predicted octanol–water partition coefficient (Wildman–Crippen LogP) is 1.06. The van der Waals surface area contributed by atoms with Gasteiger partial charge in [-0.3, -0.25) is 4.79 Å². The number of morpholine rings is 1. The Bertz CT molecular complexity index is 348. The van der Waals surface area contributed by atoms with Crippen LogP contribution in [0.1, 0.15) is 32.6 Å². The van der Waals surface area contributed by atoms with Crippen molar-refractivity contribution in [1.29, 1.82) is 0 Å². The third-order valence-electron chi connectivity index (χ3n) is 3.85. The van der Waals surface area contributed by atoms with Crippen molar-refractivity contribution in [3.8, 4) is 0 Å². The Morgan fingerprint density at radius 2 is 2.21 bits per heavy atom. The molecule has 0 bridgehead atoms. The molecular weight excluding hydrogens is 248 g/mol. The minimum Gasteiger partial charge on any atom is -0.481 e. The predicted molar refractivity (Wildman–Crippen MR) is 68.9 cm³/mol. The molecule has 1 saturated heterocycles. The summed E-state index contributed by atoms with van der Waals surface area (Å²) in [6, 6.07) is 0.182. The summed E-state index contributed by atoms with van der Waals surface area (Å²) in [5.74, 6) is -0.216. The van der Waals surface area contributed by atoms with Crippen LogP contribution in [0.2, 0.25) is 0 Å². The summed E-state index contributed by atoms with van der Waals surface area (Å²) < 4.78 is 5.35. The van der Waals surface area contributed by atoms with E-state index >= 15 is 0 Å². The Labute approximate surface area is 113 Å². The Morgan fingerprint density at radius 1 is 1.42 bits per heavy atom. The van der Waals surface area contributed by atoms with E-state index in [1.54, 1.807) is 4.90 Å². The zero-order chi connectivity index (χ0) is 13.8. The fraction of sp³-hybridized carbons (Fsp3) is 0.846. The zero-order valence-electron chi connectivity index (χ0n) is 11.3. The number of carbonyl (C=O) groups is 2. The van der Waals surface area contributed by atoms with Gasteiger partial charge in [0.2, 0.25) is 0 Å². The summed E-state index contributed by atoms with van der Waals surface area (Å²) in [7, 11) is 0. The summed E-state index contributed by atoms with van der Waals surface area (Å²) in [6.45, 7) is 3.50. The standard InChI is InChI=1S/C13H22N2O4/c1-9-2-3-10(6-9)14-13(18)15-4-5-19-11(8-15)7-12(16)17/h9-11H,2-8H2,1H3,(H,14,18)(H,16,17). The number of carbonyl (C=O) groups excluding carboxylic acids is 1. The lowest BCUT2D eigenvalue weighted by Gasteiger charge is -2.33. The number of ether oxygens (including phenoxy) is 1. The molecule has 0 aromatic heterocycles. The van der Waals surface area contributed by atoms with Gasteiger partial charge in [-0.1, -0.05) is 6.92 Å². The largest absolute Gasteiger partial charge is 0.481 e. The molecule has 1 saturated carbocycles. The molecule has 1 heterocycles. The first-order valence-corrected chi connectivity index (χ1v) is 6.93. The molecule has 3 unspecified atom stereocenters. The maximum absolute atomic E-state index is 12.1. The van der Waals surface area contributed by atoms with Crippen LogP contribution in [0.25, 0.3) is 0 Å². The van der Waals surface area contributed by atoms with Crippen molar-refractivity contribution in [2.45, 2.75) is 44.8 Å². The molecule has 1 aliphatic heterocycles. The molecule has 3 atom stereocenters. The molecule has 2 aliphatic rings. The molecule has 0 radical (unpaired) electrons. The zero-order valence-corrected chi connectivity index (χ0v) is 11.3. The summed E-state index contributed by atoms with van der Waals surface area (Å²) in [5.41, 5.74) is 0. The first-order chi connectivity index (χ1) is 9.04. The van der Waals surface area contributed by atoms with Crippen LogP contribution in [0, 0.1) is 5.92 Å². The van der Waals surface area contributed by atoms with E-state index in [0.717, 1.165) is 19.3 Å². The third kappa shape index (κ3) is 4.09. The Hall–Kier alpha value is -1.30. The van der Waals surface area contributed by atoms with E-state index in [4.69, 9.17) is 9.84 Å². The smallest absolute Gasteiger partial charge is 0.317 e. The number of hydrogen-bond donors (Lipinski definition) is 2. The highest BCUT2D eigenvalue weighted by Crippen LogP contribution is 2.24. The van der Waals surface area contributed by atoms with Crippen molar-refractivity contribution in [3.63, 3.8) is 0 Å². The molecule has 0 spiro atoms. The molecule has 2 amide bonds. The quantitative estimate of drug-likeness (QED) is 0.803. The average Bonchev–Trinajstić information content (AvgIpc) is 2.74. The van der Waals surface area contributed by atoms with Crippen molar-refractivity contribution in [2.24, 2.45) is 5.92 Å². The van der Waals surface area contributed by atoms with Gasteiger partial charge in [-0.25, -0.2) is 4.79 Å². The number of carboxylic acids is 1. The lowest BCUT2D eigenvalue weighted by Crippen LogP contribution is -2.51. The molecule has 6 nitrogen and oxygen atoms in total. The molecule has 6 heteroatoms. The number of aliphatic carboxylic acids is 1. The minimum absolute atomic E-state index is 0.0513. The SMILES string of the molecule is CC1CCC(NC(=O)N2CCOC(CC(=O)O)C2)C1. The normalized spacial score (nSPS) is 31.2. The van der Waals surface area contributed by atoms with Gasteiger partial charge in [-0.05, 0) is 25.2 Å². The molecule has 19 heavy (non-hydrogen) atoms. The fourth-order valence-corrected chi connectivity index (χ4v) is 2.83. The molecule has 2 fully saturated rings. The van der Waals surface area contributed by atoms with Crippen LogP contribution >= 0.6 is 0 Å². The van der Waals surface area contributed by atoms with Crippen LogP contribution in [0.4, 0.5) is 4.79 Å². The van der Waals surface area contributed by atoms with Gasteiger partial charge in [0.25, 0.3) is 0 Å². The first kappa shape index (κ1) is 14.1. The van der Waals surface area contributed by atoms with Crippen LogP contribution in [0.15, 0.2) is 0 Å². The molecule has 108 valence electrons. The topological polar surface area (TPSA) is 78.9 Å². The van der Waals surface area contributed by atoms with Gasteiger partial charge in [0.15, 0.2) is 0 Å². The van der Waals surface area contributed by atoms with E-state index in [-0.39, 0.29) is 24.6 Å². The van der Waals surface area contributed by atoms with Crippen LogP contribution in [0.5, 0.6) is 0 Å². The third-order valence-corrected chi connectivity index (χ3v) is 3.85. The van der Waals surface area contributed by atoms with Gasteiger partial charge in [-0.2, -0.15) is 0 Å². The van der Waals surface area contributed by atoms with Gasteiger partial charge in [-0.15, -0.1) is 0 Å². The second-order valence-electron chi connectivity index (χ2n) is 5.60. The van der Waals surface area contributed by atoms with Crippen molar-refractivity contribution >= 4 is 12.0 Å². The Balaban J connectivity index is 1.80. The lowest BCUT2D eigenvalue weighted by atomic mass is 10.1. The van der Waals surface area contributed by atoms with Crippen molar-refractivity contribution < 1.29 is 19.4 Å². The second-order valence-corrected chi connectivity index (χ2v) is 5.60. The Kier molecular flexibility index (Phi) is 4.63. The van der Waals surface area contributed by atoms with E-state index < -0.39 is 5.97 Å². The highest BCUT2D eigenvalue weighted by Gasteiger charge is 2.29. The molecular formula is C13H22N2O4. The van der Waals surface area contributed by atoms with Gasteiger partial charge >= 0.3 is 12.0 Å². The number of nitrogens with zero attached hydrogens (tertiary/aromatic N) is 1. The number of carboxylic acid groups (broad SMARTS) is 1. The molecule has 2 rings (SSSR count). The maximum Gasteiger partial charge on any atom is 0.317 e. The first-order valence-electron chi connectivity index (χ1n) is 6.93. The van der Waals surface area contributed by atoms with Gasteiger partial charge < -0.3 is 20.1 Å². The summed E-state index contributed by atoms with van der Waals surface area (Å²) in [5, 5.41) is 11.8. The van der Waals surface area contributed by atoms with Gasteiger partial charge in [0.05, 0.1) is 19.1 Å². The van der Waals surface area contributed by atoms with E-state index in [1.165, 1.54) is 0 Å². The molecule has 2 N–H and O–H groups in total. The average molecular weight is 270 g/mol. The number of nitrogens with one attached hydrogen (secondary N) is 1. The molecule has 0 aromatic carbocycles. The van der Waals surface area contributed by atoms with Crippen LogP contribution < -0.4 is 5.32 Å². The highest BCUT2D eigenvalue weighted by atomic mass is 16.5. The summed E-state index contributed by atoms with van der Waals surface area (Å²) >= 11 is 0. The number of urea groups is 1. The van der Waals surface area contributed by atoms with Crippen LogP contribution in [-0.4, -0.2) is 53.8 Å². The van der Waals surface area contributed by atoms with Crippen LogP contribution in [0.3, 0.4) is 0 Å². The van der Waals surface area contributed by atoms with E-state index in [1.807, 2.05) is 0 Å². The summed E-state index contributed by atoms with van der Waals surface area (Å²) in [4.78, 5) is 24.4. The van der Waals surface area contributed by atoms with Gasteiger partial charge in [0, 0.05) is 19.1 Å². The number of amides is 2. The minimum atomic E-state index is -0.892. The van der Waals surface area contributed by atoms with Crippen LogP contribution in [-0.2, 0) is 9.53 Å². The maximum atomic E-state index is 12.1. The molecule has 1 aliphatic carbocycles. The fourth-order valence-electron chi connectivity index (χ4n) is 2.83. The van der Waals surface area contributed by atoms with E-state index in [9.17, 15) is 9.59 Å². The second kappa shape index (κ2) is 6.23. The van der Waals surface area contributed by atoms with Crippen molar-refractivity contribution in [2.75, 3.05) is 19.7 Å². The van der Waals surface area contributed by atoms with Crippen molar-refractivity contribution in [1.82, 2.24) is 10.2 Å². The van der Waals surface area contributed by atoms with E-state index in [0.29, 0.717) is 25.6 Å². The Morgan fingerprint density at radius 3 is 2.84 bits per heavy atom. The monoisotopic (exact) mass is 270 g/mol. The summed E-state index contributed by atoms with van der Waals surface area (Å²) in [6.07, 6.45) is 2.80. The van der Waals surface area contributed by atoms with Crippen molar-refractivity contribution in [3.05, 3.63) is 0 Å². The number of rotatable bonds is 3. The van der Waals surface area contributed by atoms with E-state index in [2.05, 4.69) is 12.2 Å². The lowest BCUT2D eigenvalue weighted by molar-refractivity contribution is -0.141. The van der Waals surface area contributed by atoms with Gasteiger partial charge in [0.1, 0.15) is 0 Å². The number of hydrogen-bond acceptors (Lipinski definition) is 3.